The lowest BCUT2D eigenvalue weighted by Gasteiger charge is -2.06. The summed E-state index contributed by atoms with van der Waals surface area (Å²) in [4.78, 5) is 0. The summed E-state index contributed by atoms with van der Waals surface area (Å²) in [7, 11) is -1.52. The maximum Gasteiger partial charge on any atom is 0.211 e. The van der Waals surface area contributed by atoms with Gasteiger partial charge < -0.3 is 10.1 Å². The summed E-state index contributed by atoms with van der Waals surface area (Å²) in [6.45, 7) is 1.91. The van der Waals surface area contributed by atoms with Gasteiger partial charge in [-0.05, 0) is 32.2 Å². The van der Waals surface area contributed by atoms with Crippen LogP contribution in [0.25, 0.3) is 0 Å². The number of methoxy groups -OCH3 is 1. The average Bonchev–Trinajstić information content (AvgIpc) is 3.01. The Bertz CT molecular complexity index is 276. The highest BCUT2D eigenvalue weighted by Gasteiger charge is 2.19. The molecule has 2 N–H and O–H groups in total. The van der Waals surface area contributed by atoms with E-state index in [1.807, 2.05) is 0 Å². The zero-order valence-electron chi connectivity index (χ0n) is 9.87. The first kappa shape index (κ1) is 13.9. The van der Waals surface area contributed by atoms with Crippen LogP contribution in [-0.2, 0) is 14.8 Å². The van der Waals surface area contributed by atoms with Gasteiger partial charge in [0.05, 0.1) is 5.75 Å². The molecule has 1 rings (SSSR count). The van der Waals surface area contributed by atoms with Gasteiger partial charge in [0.2, 0.25) is 10.0 Å². The highest BCUT2D eigenvalue weighted by Crippen LogP contribution is 2.18. The number of hydrogen-bond donors (Lipinski definition) is 2. The van der Waals surface area contributed by atoms with Crippen molar-refractivity contribution in [3.05, 3.63) is 0 Å². The molecular weight excluding hydrogens is 228 g/mol. The fourth-order valence-corrected chi connectivity index (χ4v) is 2.47. The van der Waals surface area contributed by atoms with E-state index in [9.17, 15) is 8.42 Å². The van der Waals surface area contributed by atoms with Gasteiger partial charge in [-0.1, -0.05) is 0 Å². The second-order valence-corrected chi connectivity index (χ2v) is 6.07. The summed E-state index contributed by atoms with van der Waals surface area (Å²) in [6, 6.07) is 0.693. The molecule has 0 aliphatic heterocycles. The number of hydrogen-bond acceptors (Lipinski definition) is 4. The van der Waals surface area contributed by atoms with Crippen LogP contribution in [0, 0.1) is 0 Å². The average molecular weight is 250 g/mol. The van der Waals surface area contributed by atoms with Gasteiger partial charge in [-0.25, -0.2) is 13.1 Å². The number of ether oxygens (including phenoxy) is 1. The van der Waals surface area contributed by atoms with Crippen LogP contribution in [0.3, 0.4) is 0 Å². The zero-order valence-corrected chi connectivity index (χ0v) is 10.7. The van der Waals surface area contributed by atoms with Crippen LogP contribution in [0.15, 0.2) is 0 Å². The minimum Gasteiger partial charge on any atom is -0.385 e. The van der Waals surface area contributed by atoms with Crippen molar-refractivity contribution in [1.82, 2.24) is 10.0 Å². The highest BCUT2D eigenvalue weighted by atomic mass is 32.2. The SMILES string of the molecule is COCCCS(=O)(=O)NCCCNC1CC1. The second kappa shape index (κ2) is 7.21. The van der Waals surface area contributed by atoms with Gasteiger partial charge in [-0.2, -0.15) is 0 Å². The molecular formula is C10H22N2O3S. The van der Waals surface area contributed by atoms with Crippen LogP contribution < -0.4 is 10.0 Å². The third-order valence-corrected chi connectivity index (χ3v) is 3.92. The van der Waals surface area contributed by atoms with E-state index < -0.39 is 10.0 Å². The summed E-state index contributed by atoms with van der Waals surface area (Å²) in [5.41, 5.74) is 0. The van der Waals surface area contributed by atoms with Crippen LogP contribution >= 0.6 is 0 Å². The van der Waals surface area contributed by atoms with Crippen molar-refractivity contribution in [1.29, 1.82) is 0 Å². The first-order valence-corrected chi connectivity index (χ1v) is 7.49. The maximum absolute atomic E-state index is 11.4. The Morgan fingerprint density at radius 3 is 2.62 bits per heavy atom. The Kier molecular flexibility index (Phi) is 6.26. The van der Waals surface area contributed by atoms with Crippen molar-refractivity contribution in [2.75, 3.05) is 32.6 Å². The third kappa shape index (κ3) is 7.16. The normalized spacial score (nSPS) is 16.6. The highest BCUT2D eigenvalue weighted by molar-refractivity contribution is 7.89. The molecule has 0 aromatic heterocycles. The van der Waals surface area contributed by atoms with Crippen molar-refractivity contribution in [3.8, 4) is 0 Å². The van der Waals surface area contributed by atoms with Crippen LogP contribution in [0.1, 0.15) is 25.7 Å². The minimum absolute atomic E-state index is 0.150. The van der Waals surface area contributed by atoms with Crippen LogP contribution in [0.4, 0.5) is 0 Å². The topological polar surface area (TPSA) is 67.4 Å². The lowest BCUT2D eigenvalue weighted by molar-refractivity contribution is 0.199. The molecule has 0 unspecified atom stereocenters. The summed E-state index contributed by atoms with van der Waals surface area (Å²) in [5, 5.41) is 3.34. The largest absolute Gasteiger partial charge is 0.385 e. The van der Waals surface area contributed by atoms with Gasteiger partial charge in [-0.15, -0.1) is 0 Å². The van der Waals surface area contributed by atoms with Gasteiger partial charge in [0.15, 0.2) is 0 Å². The first-order valence-electron chi connectivity index (χ1n) is 5.84. The minimum atomic E-state index is -3.10. The van der Waals surface area contributed by atoms with E-state index in [1.54, 1.807) is 7.11 Å². The molecule has 6 heteroatoms. The van der Waals surface area contributed by atoms with E-state index in [1.165, 1.54) is 12.8 Å². The molecule has 0 amide bonds. The molecule has 1 fully saturated rings. The number of sulfonamides is 1. The predicted octanol–water partition coefficient (Wildman–Crippen LogP) is 0.0844. The third-order valence-electron chi connectivity index (χ3n) is 2.45. The Labute approximate surface area is 98.0 Å². The fourth-order valence-electron chi connectivity index (χ4n) is 1.38. The summed E-state index contributed by atoms with van der Waals surface area (Å²) < 4.78 is 30.3. The molecule has 0 aromatic carbocycles. The van der Waals surface area contributed by atoms with Gasteiger partial charge in [-0.3, -0.25) is 0 Å². The molecule has 0 radical (unpaired) electrons. The van der Waals surface area contributed by atoms with Gasteiger partial charge in [0.1, 0.15) is 0 Å². The van der Waals surface area contributed by atoms with Crippen LogP contribution in [-0.4, -0.2) is 47.0 Å². The van der Waals surface area contributed by atoms with Crippen molar-refractivity contribution in [2.45, 2.75) is 31.7 Å². The Hall–Kier alpha value is -0.170. The molecule has 0 spiro atoms. The lowest BCUT2D eigenvalue weighted by Crippen LogP contribution is -2.30. The van der Waals surface area contributed by atoms with Crippen LogP contribution in [0.2, 0.25) is 0 Å². The molecule has 0 bridgehead atoms. The fraction of sp³-hybridized carbons (Fsp3) is 1.00. The zero-order chi connectivity index (χ0) is 11.9. The monoisotopic (exact) mass is 250 g/mol. The van der Waals surface area contributed by atoms with Crippen molar-refractivity contribution >= 4 is 10.0 Å². The molecule has 16 heavy (non-hydrogen) atoms. The first-order chi connectivity index (χ1) is 7.64. The Balaban J connectivity index is 1.96. The van der Waals surface area contributed by atoms with Gasteiger partial charge in [0, 0.05) is 26.3 Å². The molecule has 5 nitrogen and oxygen atoms in total. The standard InChI is InChI=1S/C10H22N2O3S/c1-15-8-3-9-16(13,14)12-7-2-6-11-10-4-5-10/h10-12H,2-9H2,1H3. The molecule has 1 aliphatic carbocycles. The van der Waals surface area contributed by atoms with Crippen molar-refractivity contribution < 1.29 is 13.2 Å². The number of rotatable bonds is 10. The summed E-state index contributed by atoms with van der Waals surface area (Å²) in [5.74, 6) is 0.150. The van der Waals surface area contributed by atoms with E-state index in [2.05, 4.69) is 10.0 Å². The quantitative estimate of drug-likeness (QED) is 0.539. The van der Waals surface area contributed by atoms with E-state index in [0.717, 1.165) is 13.0 Å². The summed E-state index contributed by atoms with van der Waals surface area (Å²) >= 11 is 0. The molecule has 0 saturated heterocycles. The Morgan fingerprint density at radius 1 is 1.25 bits per heavy atom. The summed E-state index contributed by atoms with van der Waals surface area (Å²) in [6.07, 6.45) is 3.93. The molecule has 0 aromatic rings. The van der Waals surface area contributed by atoms with Crippen molar-refractivity contribution in [2.24, 2.45) is 0 Å². The van der Waals surface area contributed by atoms with E-state index in [0.29, 0.717) is 25.6 Å². The van der Waals surface area contributed by atoms with Crippen molar-refractivity contribution in [3.63, 3.8) is 0 Å². The van der Waals surface area contributed by atoms with Gasteiger partial charge in [0.25, 0.3) is 0 Å². The molecule has 1 aliphatic rings. The van der Waals surface area contributed by atoms with E-state index in [4.69, 9.17) is 4.74 Å². The molecule has 0 heterocycles. The van der Waals surface area contributed by atoms with E-state index in [-0.39, 0.29) is 5.75 Å². The predicted molar refractivity (Wildman–Crippen MR) is 63.9 cm³/mol. The Morgan fingerprint density at radius 2 is 2.00 bits per heavy atom. The van der Waals surface area contributed by atoms with Crippen LogP contribution in [0.5, 0.6) is 0 Å². The second-order valence-electron chi connectivity index (χ2n) is 4.14. The van der Waals surface area contributed by atoms with Gasteiger partial charge >= 0.3 is 0 Å². The molecule has 96 valence electrons. The number of nitrogens with one attached hydrogen (secondary N) is 2. The smallest absolute Gasteiger partial charge is 0.211 e. The van der Waals surface area contributed by atoms with E-state index >= 15 is 0 Å². The maximum atomic E-state index is 11.4. The molecule has 0 atom stereocenters. The molecule has 1 saturated carbocycles. The lowest BCUT2D eigenvalue weighted by atomic mass is 10.4.